The van der Waals surface area contributed by atoms with E-state index in [4.69, 9.17) is 0 Å². The molecule has 3 nitrogen and oxygen atoms in total. The van der Waals surface area contributed by atoms with Gasteiger partial charge in [0.25, 0.3) is 0 Å². The molecule has 1 heterocycles. The fraction of sp³-hybridized carbons (Fsp3) is 0.270. The monoisotopic (exact) mass is 621 g/mol. The maximum Gasteiger partial charge on any atom is 0.183 e. The van der Waals surface area contributed by atoms with E-state index in [-0.39, 0.29) is 22.8 Å². The minimum Gasteiger partial charge on any atom is -0.378 e. The first-order chi connectivity index (χ1) is 21.7. The number of hydrogen-bond acceptors (Lipinski definition) is 3. The van der Waals surface area contributed by atoms with Gasteiger partial charge in [-0.3, -0.25) is 9.29 Å². The van der Waals surface area contributed by atoms with Gasteiger partial charge in [0.2, 0.25) is 0 Å². The molecule has 0 radical (unpaired) electrons. The summed E-state index contributed by atoms with van der Waals surface area (Å²) in [4.78, 5) is 1.54. The molecule has 0 bridgehead atoms. The lowest BCUT2D eigenvalue weighted by Crippen LogP contribution is -2.25. The summed E-state index contributed by atoms with van der Waals surface area (Å²) >= 11 is 0. The molecular formula is C37H40F5N3. The molecule has 4 aromatic rings. The van der Waals surface area contributed by atoms with Gasteiger partial charge in [-0.15, -0.1) is 0 Å². The normalized spacial score (nSPS) is 11.7. The largest absolute Gasteiger partial charge is 0.378 e. The highest BCUT2D eigenvalue weighted by Gasteiger charge is 2.31. The van der Waals surface area contributed by atoms with Crippen molar-refractivity contribution in [2.24, 2.45) is 0 Å². The van der Waals surface area contributed by atoms with Gasteiger partial charge in [-0.2, -0.15) is 0 Å². The van der Waals surface area contributed by atoms with Gasteiger partial charge in [0, 0.05) is 23.4 Å². The number of rotatable bonds is 8. The third-order valence-electron chi connectivity index (χ3n) is 7.13. The maximum absolute atomic E-state index is 15.9. The van der Waals surface area contributed by atoms with Crippen LogP contribution in [0.4, 0.5) is 44.7 Å². The lowest BCUT2D eigenvalue weighted by Gasteiger charge is -2.33. The number of aryl methyl sites for hydroxylation is 3. The Labute approximate surface area is 263 Å². The second-order valence-electron chi connectivity index (χ2n) is 10.3. The summed E-state index contributed by atoms with van der Waals surface area (Å²) in [6.45, 7) is 11.9. The van der Waals surface area contributed by atoms with Gasteiger partial charge in [0.1, 0.15) is 17.3 Å². The number of alkyl halides is 1. The zero-order valence-corrected chi connectivity index (χ0v) is 26.8. The highest BCUT2D eigenvalue weighted by atomic mass is 19.2. The van der Waals surface area contributed by atoms with Crippen LogP contribution in [-0.2, 0) is 0 Å². The number of fused-ring (bicyclic) bond motifs is 1. The molecular weight excluding hydrogens is 581 g/mol. The van der Waals surface area contributed by atoms with Crippen LogP contribution in [0, 0.1) is 44.0 Å². The molecule has 0 fully saturated rings. The van der Waals surface area contributed by atoms with Crippen LogP contribution in [0.2, 0.25) is 0 Å². The van der Waals surface area contributed by atoms with Crippen LogP contribution in [0.5, 0.6) is 0 Å². The van der Waals surface area contributed by atoms with E-state index in [9.17, 15) is 13.2 Å². The minimum absolute atomic E-state index is 0.000495. The number of nitrogens with zero attached hydrogens (tertiary/aromatic N) is 1. The third-order valence-corrected chi connectivity index (χ3v) is 7.13. The lowest BCUT2D eigenvalue weighted by molar-refractivity contribution is 0.509. The second kappa shape index (κ2) is 16.0. The Morgan fingerprint density at radius 1 is 0.733 bits per heavy atom. The summed E-state index contributed by atoms with van der Waals surface area (Å²) < 4.78 is 70.9. The van der Waals surface area contributed by atoms with E-state index in [1.165, 1.54) is 12.1 Å². The molecule has 8 heteroatoms. The minimum atomic E-state index is -1.04. The zero-order chi connectivity index (χ0) is 33.3. The average molecular weight is 622 g/mol. The highest BCUT2D eigenvalue weighted by Crippen LogP contribution is 2.46. The van der Waals surface area contributed by atoms with Crippen molar-refractivity contribution < 1.29 is 22.0 Å². The van der Waals surface area contributed by atoms with Gasteiger partial charge in [-0.05, 0) is 80.8 Å². The molecule has 0 aromatic heterocycles. The first-order valence-corrected chi connectivity index (χ1v) is 15.0. The van der Waals surface area contributed by atoms with Crippen LogP contribution in [0.3, 0.4) is 0 Å². The fourth-order valence-electron chi connectivity index (χ4n) is 4.84. The first kappa shape index (κ1) is 34.9. The van der Waals surface area contributed by atoms with E-state index in [0.717, 1.165) is 30.0 Å². The van der Waals surface area contributed by atoms with Gasteiger partial charge in [0.05, 0.1) is 29.9 Å². The summed E-state index contributed by atoms with van der Waals surface area (Å²) in [5.74, 6) is -3.18. The number of nitrogens with one attached hydrogen (secondary N) is 2. The molecule has 0 unspecified atom stereocenters. The fourth-order valence-corrected chi connectivity index (χ4v) is 4.84. The van der Waals surface area contributed by atoms with Crippen molar-refractivity contribution in [1.82, 2.24) is 5.32 Å². The molecule has 238 valence electrons. The van der Waals surface area contributed by atoms with E-state index < -0.39 is 23.3 Å². The number of anilines is 4. The smallest absolute Gasteiger partial charge is 0.183 e. The van der Waals surface area contributed by atoms with Gasteiger partial charge < -0.3 is 10.6 Å². The Morgan fingerprint density at radius 3 is 2.02 bits per heavy atom. The number of benzene rings is 4. The average Bonchev–Trinajstić information content (AvgIpc) is 3.05. The van der Waals surface area contributed by atoms with E-state index >= 15 is 8.78 Å². The molecule has 4 aromatic carbocycles. The van der Waals surface area contributed by atoms with E-state index in [0.29, 0.717) is 41.8 Å². The molecule has 45 heavy (non-hydrogen) atoms. The van der Waals surface area contributed by atoms with E-state index in [1.807, 2.05) is 32.9 Å². The molecule has 2 N–H and O–H groups in total. The molecule has 0 atom stereocenters. The standard InChI is InChI=1S/C34H31F4N3.C2H6.CH3F/c1-5-6-17-39-29-19-30(25-13-10-22(4)31(37)33(25)40-28-16-9-21(3)18-27(28)36)41(23-11-7-20(2)8-12-23)34-24(29)14-15-26(35)32(34)38;2*1-2/h7-16,18,39-40H,5-6,17H2,1-4H3;1-2H3;1H3. The van der Waals surface area contributed by atoms with Crippen molar-refractivity contribution in [2.75, 3.05) is 23.9 Å². The van der Waals surface area contributed by atoms with Crippen molar-refractivity contribution in [3.8, 4) is 0 Å². The maximum atomic E-state index is 15.9. The molecule has 0 aliphatic carbocycles. The highest BCUT2D eigenvalue weighted by molar-refractivity contribution is 6.00. The molecule has 0 saturated heterocycles. The van der Waals surface area contributed by atoms with Gasteiger partial charge in [-0.1, -0.05) is 62.8 Å². The van der Waals surface area contributed by atoms with Crippen LogP contribution in [0.25, 0.3) is 11.4 Å². The lowest BCUT2D eigenvalue weighted by atomic mass is 9.97. The predicted molar refractivity (Wildman–Crippen MR) is 177 cm³/mol. The van der Waals surface area contributed by atoms with Gasteiger partial charge in [-0.25, -0.2) is 17.6 Å². The summed E-state index contributed by atoms with van der Waals surface area (Å²) in [6.07, 6.45) is 1.77. The Kier molecular flexibility index (Phi) is 12.4. The summed E-state index contributed by atoms with van der Waals surface area (Å²) in [6, 6.07) is 17.8. The van der Waals surface area contributed by atoms with Crippen LogP contribution in [0.1, 0.15) is 61.4 Å². The van der Waals surface area contributed by atoms with Gasteiger partial charge >= 0.3 is 0 Å². The third kappa shape index (κ3) is 7.58. The molecule has 1 aliphatic rings. The summed E-state index contributed by atoms with van der Waals surface area (Å²) in [7, 11) is 0.500. The van der Waals surface area contributed by atoms with Crippen LogP contribution in [-0.4, -0.2) is 13.7 Å². The van der Waals surface area contributed by atoms with Crippen molar-refractivity contribution in [2.45, 2.75) is 54.4 Å². The zero-order valence-electron chi connectivity index (χ0n) is 26.8. The van der Waals surface area contributed by atoms with Crippen LogP contribution < -0.4 is 15.5 Å². The molecule has 0 amide bonds. The topological polar surface area (TPSA) is 27.3 Å². The second-order valence-corrected chi connectivity index (χ2v) is 10.3. The molecule has 1 aliphatic heterocycles. The van der Waals surface area contributed by atoms with E-state index in [1.54, 1.807) is 55.1 Å². The number of halogens is 5. The predicted octanol–water partition coefficient (Wildman–Crippen LogP) is 11.0. The van der Waals surface area contributed by atoms with Crippen LogP contribution >= 0.6 is 0 Å². The Bertz CT molecular complexity index is 1690. The molecule has 0 saturated carbocycles. The quantitative estimate of drug-likeness (QED) is 0.116. The van der Waals surface area contributed by atoms with Gasteiger partial charge in [0.15, 0.2) is 11.6 Å². The Hall–Kier alpha value is -4.55. The van der Waals surface area contributed by atoms with Crippen molar-refractivity contribution in [1.29, 1.82) is 0 Å². The number of unbranched alkanes of at least 4 members (excludes halogenated alkanes) is 1. The van der Waals surface area contributed by atoms with Crippen molar-refractivity contribution >= 4 is 34.1 Å². The van der Waals surface area contributed by atoms with E-state index in [2.05, 4.69) is 23.3 Å². The summed E-state index contributed by atoms with van der Waals surface area (Å²) in [5, 5.41) is 6.25. The Morgan fingerprint density at radius 2 is 1.38 bits per heavy atom. The SMILES string of the molecule is CC.CCCCNC1=C=C(c2ccc(C)c(F)c2Nc2ccc(C)cc2F)N(c2ccc(C)cc2)c2c1ccc(F)c2F.CF. The molecule has 5 rings (SSSR count). The van der Waals surface area contributed by atoms with Crippen molar-refractivity contribution in [3.05, 3.63) is 124 Å². The van der Waals surface area contributed by atoms with Crippen LogP contribution in [0.15, 0.2) is 72.5 Å². The first-order valence-electron chi connectivity index (χ1n) is 15.0. The van der Waals surface area contributed by atoms with Crippen molar-refractivity contribution in [3.63, 3.8) is 0 Å². The number of hydrogen-bond donors (Lipinski definition) is 2. The summed E-state index contributed by atoms with van der Waals surface area (Å²) in [5.41, 5.74) is 7.45. The Balaban J connectivity index is 0.00000133. The molecule has 0 spiro atoms.